The lowest BCUT2D eigenvalue weighted by Crippen LogP contribution is -2.39. The third-order valence-corrected chi connectivity index (χ3v) is 4.28. The molecule has 2 rings (SSSR count). The number of rotatable bonds is 6. The number of urea groups is 1. The maximum atomic E-state index is 13.0. The monoisotopic (exact) mass is 374 g/mol. The van der Waals surface area contributed by atoms with Crippen molar-refractivity contribution in [2.75, 3.05) is 19.7 Å². The van der Waals surface area contributed by atoms with Crippen molar-refractivity contribution >= 4 is 12.0 Å². The number of amides is 2. The SMILES string of the molecule is CCOCc1ccc(CNC(=O)N2C[C@@H](C(F)(F)F)[C@H](C(=O)O)C2)cc1. The zero-order valence-corrected chi connectivity index (χ0v) is 14.3. The van der Waals surface area contributed by atoms with E-state index in [4.69, 9.17) is 9.84 Å². The van der Waals surface area contributed by atoms with E-state index in [-0.39, 0.29) is 6.54 Å². The van der Waals surface area contributed by atoms with Gasteiger partial charge in [-0.15, -0.1) is 0 Å². The number of nitrogens with one attached hydrogen (secondary N) is 1. The third kappa shape index (κ3) is 5.10. The number of carbonyl (C=O) groups is 2. The second kappa shape index (κ2) is 8.39. The first kappa shape index (κ1) is 20.0. The Kier molecular flexibility index (Phi) is 6.47. The molecule has 0 aromatic heterocycles. The highest BCUT2D eigenvalue weighted by atomic mass is 19.4. The fraction of sp³-hybridized carbons (Fsp3) is 0.529. The van der Waals surface area contributed by atoms with Crippen molar-refractivity contribution in [1.29, 1.82) is 0 Å². The van der Waals surface area contributed by atoms with Gasteiger partial charge >= 0.3 is 18.2 Å². The third-order valence-electron chi connectivity index (χ3n) is 4.28. The van der Waals surface area contributed by atoms with Gasteiger partial charge in [0, 0.05) is 26.2 Å². The average molecular weight is 374 g/mol. The van der Waals surface area contributed by atoms with Crippen molar-refractivity contribution in [2.24, 2.45) is 11.8 Å². The molecule has 1 aliphatic rings. The van der Waals surface area contributed by atoms with Crippen LogP contribution in [0.3, 0.4) is 0 Å². The van der Waals surface area contributed by atoms with Crippen LogP contribution in [0.25, 0.3) is 0 Å². The van der Waals surface area contributed by atoms with Crippen LogP contribution < -0.4 is 5.32 Å². The van der Waals surface area contributed by atoms with Gasteiger partial charge in [-0.1, -0.05) is 24.3 Å². The van der Waals surface area contributed by atoms with Crippen LogP contribution in [0.2, 0.25) is 0 Å². The van der Waals surface area contributed by atoms with E-state index in [9.17, 15) is 22.8 Å². The maximum Gasteiger partial charge on any atom is 0.394 e. The summed E-state index contributed by atoms with van der Waals surface area (Å²) in [6.45, 7) is 1.99. The number of hydrogen-bond acceptors (Lipinski definition) is 3. The van der Waals surface area contributed by atoms with Crippen LogP contribution in [0.5, 0.6) is 0 Å². The molecule has 1 heterocycles. The minimum absolute atomic E-state index is 0.138. The van der Waals surface area contributed by atoms with E-state index in [2.05, 4.69) is 5.32 Å². The Morgan fingerprint density at radius 2 is 1.85 bits per heavy atom. The summed E-state index contributed by atoms with van der Waals surface area (Å²) in [6.07, 6.45) is -4.66. The summed E-state index contributed by atoms with van der Waals surface area (Å²) in [5.74, 6) is -5.24. The summed E-state index contributed by atoms with van der Waals surface area (Å²) in [4.78, 5) is 24.0. The smallest absolute Gasteiger partial charge is 0.394 e. The number of carboxylic acids is 1. The second-order valence-electron chi connectivity index (χ2n) is 6.11. The molecule has 1 aromatic carbocycles. The summed E-state index contributed by atoms with van der Waals surface area (Å²) in [5, 5.41) is 11.5. The van der Waals surface area contributed by atoms with Gasteiger partial charge in [-0.05, 0) is 18.1 Å². The van der Waals surface area contributed by atoms with Crippen LogP contribution in [-0.4, -0.2) is 47.9 Å². The van der Waals surface area contributed by atoms with Gasteiger partial charge in [-0.2, -0.15) is 13.2 Å². The molecule has 0 aliphatic carbocycles. The summed E-state index contributed by atoms with van der Waals surface area (Å²) in [7, 11) is 0. The van der Waals surface area contributed by atoms with Crippen molar-refractivity contribution in [3.63, 3.8) is 0 Å². The van der Waals surface area contributed by atoms with Gasteiger partial charge in [0.2, 0.25) is 0 Å². The highest BCUT2D eigenvalue weighted by Crippen LogP contribution is 2.37. The number of carbonyl (C=O) groups excluding carboxylic acids is 1. The zero-order valence-electron chi connectivity index (χ0n) is 14.3. The minimum Gasteiger partial charge on any atom is -0.481 e. The van der Waals surface area contributed by atoms with Crippen LogP contribution in [0, 0.1) is 11.8 Å². The first-order valence-electron chi connectivity index (χ1n) is 8.20. The average Bonchev–Trinajstić information content (AvgIpc) is 3.05. The molecule has 0 bridgehead atoms. The predicted molar refractivity (Wildman–Crippen MR) is 86.3 cm³/mol. The van der Waals surface area contributed by atoms with E-state index in [1.165, 1.54) is 0 Å². The lowest BCUT2D eigenvalue weighted by molar-refractivity contribution is -0.187. The number of hydrogen-bond donors (Lipinski definition) is 2. The van der Waals surface area contributed by atoms with Crippen molar-refractivity contribution in [1.82, 2.24) is 10.2 Å². The number of carboxylic acid groups (broad SMARTS) is 1. The molecule has 144 valence electrons. The molecule has 1 aromatic rings. The van der Waals surface area contributed by atoms with E-state index in [0.717, 1.165) is 16.0 Å². The van der Waals surface area contributed by atoms with Gasteiger partial charge in [0.05, 0.1) is 18.4 Å². The minimum atomic E-state index is -4.66. The molecule has 2 atom stereocenters. The number of halogens is 3. The van der Waals surface area contributed by atoms with Crippen LogP contribution >= 0.6 is 0 Å². The van der Waals surface area contributed by atoms with Crippen molar-refractivity contribution in [3.8, 4) is 0 Å². The summed E-state index contributed by atoms with van der Waals surface area (Å²) in [6, 6.07) is 6.55. The van der Waals surface area contributed by atoms with Crippen LogP contribution in [-0.2, 0) is 22.7 Å². The predicted octanol–water partition coefficient (Wildman–Crippen LogP) is 2.63. The highest BCUT2D eigenvalue weighted by molar-refractivity contribution is 5.77. The van der Waals surface area contributed by atoms with E-state index < -0.39 is 43.1 Å². The number of aliphatic carboxylic acids is 1. The van der Waals surface area contributed by atoms with Gasteiger partial charge in [0.1, 0.15) is 0 Å². The van der Waals surface area contributed by atoms with Crippen LogP contribution in [0.15, 0.2) is 24.3 Å². The number of nitrogens with zero attached hydrogens (tertiary/aromatic N) is 1. The van der Waals surface area contributed by atoms with Crippen molar-refractivity contribution in [2.45, 2.75) is 26.3 Å². The van der Waals surface area contributed by atoms with E-state index in [0.29, 0.717) is 13.2 Å². The molecule has 0 saturated carbocycles. The molecular formula is C17H21F3N2O4. The molecule has 0 radical (unpaired) electrons. The Labute approximate surface area is 148 Å². The normalized spacial score (nSPS) is 20.2. The van der Waals surface area contributed by atoms with Crippen LogP contribution in [0.1, 0.15) is 18.1 Å². The summed E-state index contributed by atoms with van der Waals surface area (Å²) < 4.78 is 44.1. The standard InChI is InChI=1S/C17H21F3N2O4/c1-2-26-10-12-5-3-11(4-6-12)7-21-16(25)22-8-13(15(23)24)14(9-22)17(18,19)20/h3-6,13-14H,2,7-10H2,1H3,(H,21,25)(H,23,24)/t13-,14-/m1/s1. The van der Waals surface area contributed by atoms with Crippen molar-refractivity contribution in [3.05, 3.63) is 35.4 Å². The molecule has 6 nitrogen and oxygen atoms in total. The highest BCUT2D eigenvalue weighted by Gasteiger charge is 2.53. The maximum absolute atomic E-state index is 13.0. The Morgan fingerprint density at radius 3 is 2.35 bits per heavy atom. The number of likely N-dealkylation sites (tertiary alicyclic amines) is 1. The van der Waals surface area contributed by atoms with E-state index in [1.54, 1.807) is 12.1 Å². The number of benzene rings is 1. The summed E-state index contributed by atoms with van der Waals surface area (Å²) in [5.41, 5.74) is 1.75. The van der Waals surface area contributed by atoms with E-state index >= 15 is 0 Å². The number of alkyl halides is 3. The zero-order chi connectivity index (χ0) is 19.3. The van der Waals surface area contributed by atoms with Gasteiger partial charge in [0.15, 0.2) is 0 Å². The molecule has 2 N–H and O–H groups in total. The molecule has 1 fully saturated rings. The Balaban J connectivity index is 1.90. The molecule has 9 heteroatoms. The van der Waals surface area contributed by atoms with Crippen molar-refractivity contribution < 1.29 is 32.6 Å². The summed E-state index contributed by atoms with van der Waals surface area (Å²) >= 11 is 0. The second-order valence-corrected chi connectivity index (χ2v) is 6.11. The Morgan fingerprint density at radius 1 is 1.23 bits per heavy atom. The fourth-order valence-electron chi connectivity index (χ4n) is 2.81. The number of ether oxygens (including phenoxy) is 1. The fourth-order valence-corrected chi connectivity index (χ4v) is 2.81. The lowest BCUT2D eigenvalue weighted by atomic mass is 9.96. The molecular weight excluding hydrogens is 353 g/mol. The molecule has 1 saturated heterocycles. The Hall–Kier alpha value is -2.29. The van der Waals surface area contributed by atoms with Crippen LogP contribution in [0.4, 0.5) is 18.0 Å². The lowest BCUT2D eigenvalue weighted by Gasteiger charge is -2.18. The van der Waals surface area contributed by atoms with E-state index in [1.807, 2.05) is 19.1 Å². The molecule has 0 unspecified atom stereocenters. The topological polar surface area (TPSA) is 78.9 Å². The molecule has 2 amide bonds. The van der Waals surface area contributed by atoms with Gasteiger partial charge in [0.25, 0.3) is 0 Å². The molecule has 0 spiro atoms. The molecule has 26 heavy (non-hydrogen) atoms. The van der Waals surface area contributed by atoms with Gasteiger partial charge in [-0.3, -0.25) is 4.79 Å². The molecule has 1 aliphatic heterocycles. The largest absolute Gasteiger partial charge is 0.481 e. The Bertz CT molecular complexity index is 634. The van der Waals surface area contributed by atoms with Gasteiger partial charge < -0.3 is 20.1 Å². The first-order valence-corrected chi connectivity index (χ1v) is 8.20. The quantitative estimate of drug-likeness (QED) is 0.802. The van der Waals surface area contributed by atoms with Gasteiger partial charge in [-0.25, -0.2) is 4.79 Å². The first-order chi connectivity index (χ1) is 12.2.